The fraction of sp³-hybridized carbons (Fsp3) is 0.250. The van der Waals surface area contributed by atoms with Crippen LogP contribution in [-0.2, 0) is 11.2 Å². The fourth-order valence-corrected chi connectivity index (χ4v) is 3.94. The molecule has 1 heterocycles. The van der Waals surface area contributed by atoms with Crippen LogP contribution in [0.4, 0.5) is 4.39 Å². The highest BCUT2D eigenvalue weighted by molar-refractivity contribution is 14.1. The molecule has 2 aromatic carbocycles. The number of nitrogens with zero attached hydrogens (tertiary/aromatic N) is 1. The first-order valence-electron chi connectivity index (χ1n) is 8.42. The van der Waals surface area contributed by atoms with Crippen molar-refractivity contribution >= 4 is 40.4 Å². The van der Waals surface area contributed by atoms with E-state index in [1.807, 2.05) is 52.9 Å². The fourth-order valence-electron chi connectivity index (χ4n) is 3.14. The average Bonchev–Trinajstić information content (AvgIpc) is 2.91. The van der Waals surface area contributed by atoms with Gasteiger partial charge in [0.25, 0.3) is 11.8 Å². The molecule has 140 valence electrons. The van der Waals surface area contributed by atoms with Crippen molar-refractivity contribution < 1.29 is 23.9 Å². The minimum absolute atomic E-state index is 0.152. The number of imide groups is 1. The lowest BCUT2D eigenvalue weighted by molar-refractivity contribution is -0.142. The summed E-state index contributed by atoms with van der Waals surface area (Å²) in [5, 5.41) is 9.55. The minimum Gasteiger partial charge on any atom is -0.480 e. The Balaban J connectivity index is 1.76. The Morgan fingerprint density at radius 3 is 2.04 bits per heavy atom. The predicted octanol–water partition coefficient (Wildman–Crippen LogP) is 3.51. The van der Waals surface area contributed by atoms with Crippen molar-refractivity contribution in [2.24, 2.45) is 0 Å². The molecule has 2 aromatic rings. The zero-order valence-corrected chi connectivity index (χ0v) is 16.4. The third-order valence-corrected chi connectivity index (χ3v) is 5.76. The first-order valence-corrected chi connectivity index (χ1v) is 9.66. The maximum absolute atomic E-state index is 14.8. The molecule has 3 atom stereocenters. The molecule has 1 N–H and O–H groups in total. The van der Waals surface area contributed by atoms with Gasteiger partial charge in [-0.25, -0.2) is 9.18 Å². The number of benzene rings is 2. The Labute approximate surface area is 169 Å². The van der Waals surface area contributed by atoms with Crippen molar-refractivity contribution in [3.63, 3.8) is 0 Å². The minimum atomic E-state index is -1.54. The lowest BCUT2D eigenvalue weighted by Gasteiger charge is -2.25. The monoisotopic (exact) mass is 481 g/mol. The molecule has 3 rings (SSSR count). The summed E-state index contributed by atoms with van der Waals surface area (Å²) < 4.78 is 14.3. The second-order valence-electron chi connectivity index (χ2n) is 6.34. The van der Waals surface area contributed by atoms with E-state index in [9.17, 15) is 23.9 Å². The lowest BCUT2D eigenvalue weighted by atomic mass is 10.0. The molecule has 7 heteroatoms. The van der Waals surface area contributed by atoms with Gasteiger partial charge < -0.3 is 5.11 Å². The van der Waals surface area contributed by atoms with Crippen molar-refractivity contribution in [1.29, 1.82) is 0 Å². The summed E-state index contributed by atoms with van der Waals surface area (Å²) >= 11 is 1.95. The van der Waals surface area contributed by atoms with Gasteiger partial charge in [0.05, 0.1) is 11.1 Å². The van der Waals surface area contributed by atoms with Gasteiger partial charge in [-0.2, -0.15) is 0 Å². The van der Waals surface area contributed by atoms with Crippen molar-refractivity contribution in [2.45, 2.75) is 29.0 Å². The second kappa shape index (κ2) is 8.16. The molecule has 0 fully saturated rings. The second-order valence-corrected chi connectivity index (χ2v) is 7.94. The Bertz CT molecular complexity index is 838. The largest absolute Gasteiger partial charge is 0.480 e. The van der Waals surface area contributed by atoms with Gasteiger partial charge in [-0.05, 0) is 24.1 Å². The van der Waals surface area contributed by atoms with Crippen LogP contribution in [0.15, 0.2) is 54.6 Å². The van der Waals surface area contributed by atoms with E-state index in [1.54, 1.807) is 12.1 Å². The van der Waals surface area contributed by atoms with Crippen LogP contribution in [0.1, 0.15) is 32.7 Å². The van der Waals surface area contributed by atoms with E-state index in [1.165, 1.54) is 12.1 Å². The number of carbonyl (C=O) groups is 3. The summed E-state index contributed by atoms with van der Waals surface area (Å²) in [5.41, 5.74) is 1.24. The quantitative estimate of drug-likeness (QED) is 0.373. The number of fused-ring (bicyclic) bond motifs is 1. The molecule has 0 saturated carbocycles. The Kier molecular flexibility index (Phi) is 5.88. The molecule has 0 radical (unpaired) electrons. The number of halogens is 2. The summed E-state index contributed by atoms with van der Waals surface area (Å²) in [7, 11) is 0. The summed E-state index contributed by atoms with van der Waals surface area (Å²) in [6, 6.07) is 13.9. The average molecular weight is 481 g/mol. The molecule has 1 aliphatic heterocycles. The van der Waals surface area contributed by atoms with E-state index in [4.69, 9.17) is 0 Å². The lowest BCUT2D eigenvalue weighted by Crippen LogP contribution is -2.47. The van der Waals surface area contributed by atoms with E-state index in [0.29, 0.717) is 11.3 Å². The molecule has 27 heavy (non-hydrogen) atoms. The normalized spacial score (nSPS) is 16.7. The standard InChI is InChI=1S/C20H17FINO4/c21-15(16(22)10-12-6-2-1-3-7-12)11-17(20(26)27)23-18(24)13-8-4-5-9-14(13)19(23)25/h1-9,15-17H,10-11H2,(H,26,27)/t15?,16?,17-/m0/s1. The van der Waals surface area contributed by atoms with Crippen LogP contribution in [-0.4, -0.2) is 43.9 Å². The smallest absolute Gasteiger partial charge is 0.327 e. The molecule has 0 aliphatic carbocycles. The highest BCUT2D eigenvalue weighted by atomic mass is 127. The summed E-state index contributed by atoms with van der Waals surface area (Å²) in [5.74, 6) is -2.78. The maximum Gasteiger partial charge on any atom is 0.327 e. The maximum atomic E-state index is 14.8. The molecule has 0 bridgehead atoms. The highest BCUT2D eigenvalue weighted by Gasteiger charge is 2.44. The van der Waals surface area contributed by atoms with Gasteiger partial charge in [0.1, 0.15) is 12.2 Å². The van der Waals surface area contributed by atoms with Crippen LogP contribution in [0.3, 0.4) is 0 Å². The number of carbonyl (C=O) groups excluding carboxylic acids is 2. The van der Waals surface area contributed by atoms with Gasteiger partial charge in [-0.1, -0.05) is 65.1 Å². The van der Waals surface area contributed by atoms with Crippen LogP contribution in [0.2, 0.25) is 0 Å². The zero-order valence-electron chi connectivity index (χ0n) is 14.2. The molecule has 5 nitrogen and oxygen atoms in total. The van der Waals surface area contributed by atoms with Crippen LogP contribution < -0.4 is 0 Å². The van der Waals surface area contributed by atoms with E-state index in [2.05, 4.69) is 0 Å². The van der Waals surface area contributed by atoms with Crippen molar-refractivity contribution in [2.75, 3.05) is 0 Å². The van der Waals surface area contributed by atoms with Gasteiger partial charge in [-0.3, -0.25) is 14.5 Å². The molecule has 0 spiro atoms. The number of rotatable bonds is 7. The van der Waals surface area contributed by atoms with Gasteiger partial charge in [0.2, 0.25) is 0 Å². The topological polar surface area (TPSA) is 74.7 Å². The number of hydrogen-bond donors (Lipinski definition) is 1. The van der Waals surface area contributed by atoms with E-state index >= 15 is 0 Å². The van der Waals surface area contributed by atoms with Crippen molar-refractivity contribution in [1.82, 2.24) is 4.90 Å². The van der Waals surface area contributed by atoms with Crippen molar-refractivity contribution in [3.8, 4) is 0 Å². The van der Waals surface area contributed by atoms with Gasteiger partial charge in [-0.15, -0.1) is 0 Å². The molecular formula is C20H17FINO4. The van der Waals surface area contributed by atoms with E-state index in [0.717, 1.165) is 5.56 Å². The van der Waals surface area contributed by atoms with Crippen LogP contribution in [0.5, 0.6) is 0 Å². The molecule has 1 aliphatic rings. The molecule has 0 aromatic heterocycles. The summed E-state index contributed by atoms with van der Waals surface area (Å²) in [4.78, 5) is 37.4. The highest BCUT2D eigenvalue weighted by Crippen LogP contribution is 2.28. The number of aliphatic carboxylic acids is 1. The number of amides is 2. The van der Waals surface area contributed by atoms with E-state index in [-0.39, 0.29) is 11.1 Å². The van der Waals surface area contributed by atoms with Crippen LogP contribution in [0, 0.1) is 0 Å². The van der Waals surface area contributed by atoms with Crippen molar-refractivity contribution in [3.05, 3.63) is 71.3 Å². The first-order chi connectivity index (χ1) is 12.9. The van der Waals surface area contributed by atoms with E-state index < -0.39 is 40.3 Å². The summed E-state index contributed by atoms with van der Waals surface area (Å²) in [6.45, 7) is 0. The van der Waals surface area contributed by atoms with Gasteiger partial charge >= 0.3 is 5.97 Å². The number of carboxylic acids is 1. The molecule has 2 unspecified atom stereocenters. The third kappa shape index (κ3) is 4.02. The Morgan fingerprint density at radius 1 is 1.00 bits per heavy atom. The number of carboxylic acid groups (broad SMARTS) is 1. The molecule has 0 saturated heterocycles. The van der Waals surface area contributed by atoms with Crippen LogP contribution in [0.25, 0.3) is 0 Å². The number of hydrogen-bond acceptors (Lipinski definition) is 3. The van der Waals surface area contributed by atoms with Crippen LogP contribution >= 0.6 is 22.6 Å². The first kappa shape index (κ1) is 19.5. The predicted molar refractivity (Wildman–Crippen MR) is 106 cm³/mol. The summed E-state index contributed by atoms with van der Waals surface area (Å²) in [6.07, 6.45) is -1.51. The number of alkyl halides is 2. The Hall–Kier alpha value is -2.29. The SMILES string of the molecule is O=C(O)[C@H](CC(F)C(I)Cc1ccccc1)N1C(=O)c2ccccc2C1=O. The van der Waals surface area contributed by atoms with Gasteiger partial charge in [0, 0.05) is 10.3 Å². The van der Waals surface area contributed by atoms with Gasteiger partial charge in [0.15, 0.2) is 0 Å². The Morgan fingerprint density at radius 2 is 1.52 bits per heavy atom. The third-order valence-electron chi connectivity index (χ3n) is 4.54. The molecular weight excluding hydrogens is 464 g/mol. The zero-order chi connectivity index (χ0) is 19.6. The molecule has 2 amide bonds.